The standard InChI is InChI=1S/C11H16ClNOS/c1-13-8-9-7-10(12)3-4-11(9)15-6-2-5-14/h3-4,7,13-14H,2,5-6,8H2,1H3. The lowest BCUT2D eigenvalue weighted by molar-refractivity contribution is 0.296. The van der Waals surface area contributed by atoms with Gasteiger partial charge in [0.2, 0.25) is 0 Å². The SMILES string of the molecule is CNCc1cc(Cl)ccc1SCCCO. The van der Waals surface area contributed by atoms with E-state index in [4.69, 9.17) is 16.7 Å². The van der Waals surface area contributed by atoms with Crippen molar-refractivity contribution < 1.29 is 5.11 Å². The van der Waals surface area contributed by atoms with Crippen LogP contribution in [0.25, 0.3) is 0 Å². The maximum atomic E-state index is 8.71. The molecule has 0 spiro atoms. The number of hydrogen-bond donors (Lipinski definition) is 2. The van der Waals surface area contributed by atoms with Crippen molar-refractivity contribution in [3.05, 3.63) is 28.8 Å². The predicted molar refractivity (Wildman–Crippen MR) is 66.6 cm³/mol. The fourth-order valence-corrected chi connectivity index (χ4v) is 2.43. The third-order valence-electron chi connectivity index (χ3n) is 1.95. The molecule has 0 aliphatic heterocycles. The lowest BCUT2D eigenvalue weighted by atomic mass is 10.2. The molecule has 15 heavy (non-hydrogen) atoms. The first-order valence-electron chi connectivity index (χ1n) is 4.94. The van der Waals surface area contributed by atoms with Crippen molar-refractivity contribution in [2.45, 2.75) is 17.9 Å². The zero-order valence-corrected chi connectivity index (χ0v) is 10.4. The molecule has 0 unspecified atom stereocenters. The number of aliphatic hydroxyl groups is 1. The van der Waals surface area contributed by atoms with Crippen LogP contribution in [0.4, 0.5) is 0 Å². The van der Waals surface area contributed by atoms with Crippen molar-refractivity contribution in [1.82, 2.24) is 5.32 Å². The van der Waals surface area contributed by atoms with Gasteiger partial charge in [-0.05, 0) is 37.2 Å². The third-order valence-corrected chi connectivity index (χ3v) is 3.39. The molecule has 0 aliphatic rings. The van der Waals surface area contributed by atoms with E-state index < -0.39 is 0 Å². The predicted octanol–water partition coefficient (Wildman–Crippen LogP) is 2.53. The second-order valence-corrected chi connectivity index (χ2v) is 4.78. The average molecular weight is 246 g/mol. The highest BCUT2D eigenvalue weighted by atomic mass is 35.5. The van der Waals surface area contributed by atoms with E-state index in [1.807, 2.05) is 25.2 Å². The Morgan fingerprint density at radius 3 is 2.93 bits per heavy atom. The number of hydrogen-bond acceptors (Lipinski definition) is 3. The van der Waals surface area contributed by atoms with E-state index in [1.165, 1.54) is 10.5 Å². The van der Waals surface area contributed by atoms with E-state index in [-0.39, 0.29) is 6.61 Å². The van der Waals surface area contributed by atoms with Crippen LogP contribution >= 0.6 is 23.4 Å². The Kier molecular flexibility index (Phi) is 6.10. The van der Waals surface area contributed by atoms with E-state index in [9.17, 15) is 0 Å². The molecule has 1 aromatic rings. The summed E-state index contributed by atoms with van der Waals surface area (Å²) in [5.74, 6) is 0.939. The van der Waals surface area contributed by atoms with Gasteiger partial charge >= 0.3 is 0 Å². The molecule has 0 amide bonds. The van der Waals surface area contributed by atoms with Gasteiger partial charge < -0.3 is 10.4 Å². The zero-order chi connectivity index (χ0) is 11.1. The minimum atomic E-state index is 0.252. The van der Waals surface area contributed by atoms with Gasteiger partial charge in [0.05, 0.1) is 0 Å². The van der Waals surface area contributed by atoms with Gasteiger partial charge in [0.25, 0.3) is 0 Å². The molecule has 0 radical (unpaired) electrons. The second kappa shape index (κ2) is 7.12. The summed E-state index contributed by atoms with van der Waals surface area (Å²) in [5, 5.41) is 12.6. The third kappa shape index (κ3) is 4.43. The molecule has 0 saturated heterocycles. The van der Waals surface area contributed by atoms with Gasteiger partial charge in [0.1, 0.15) is 0 Å². The number of thioether (sulfide) groups is 1. The highest BCUT2D eigenvalue weighted by Crippen LogP contribution is 2.26. The Balaban J connectivity index is 2.67. The van der Waals surface area contributed by atoms with Crippen LogP contribution in [0.1, 0.15) is 12.0 Å². The molecule has 84 valence electrons. The summed E-state index contributed by atoms with van der Waals surface area (Å²) in [7, 11) is 1.92. The van der Waals surface area contributed by atoms with Gasteiger partial charge in [0, 0.05) is 28.8 Å². The Labute approximate surface area is 100 Å². The van der Waals surface area contributed by atoms with E-state index in [1.54, 1.807) is 11.8 Å². The second-order valence-electron chi connectivity index (χ2n) is 3.21. The molecule has 0 bridgehead atoms. The van der Waals surface area contributed by atoms with Gasteiger partial charge in [0.15, 0.2) is 0 Å². The number of rotatable bonds is 6. The first-order chi connectivity index (χ1) is 7.27. The molecule has 0 fully saturated rings. The van der Waals surface area contributed by atoms with Crippen LogP contribution in [0.3, 0.4) is 0 Å². The van der Waals surface area contributed by atoms with E-state index in [0.717, 1.165) is 23.7 Å². The molecule has 2 nitrogen and oxygen atoms in total. The largest absolute Gasteiger partial charge is 0.396 e. The molecule has 0 heterocycles. The fraction of sp³-hybridized carbons (Fsp3) is 0.455. The number of aliphatic hydroxyl groups excluding tert-OH is 1. The summed E-state index contributed by atoms with van der Waals surface area (Å²) < 4.78 is 0. The molecule has 1 rings (SSSR count). The molecular weight excluding hydrogens is 230 g/mol. The molecule has 0 aromatic heterocycles. The fourth-order valence-electron chi connectivity index (χ4n) is 1.26. The van der Waals surface area contributed by atoms with Crippen LogP contribution in [0.5, 0.6) is 0 Å². The van der Waals surface area contributed by atoms with Gasteiger partial charge in [-0.25, -0.2) is 0 Å². The van der Waals surface area contributed by atoms with Crippen molar-refractivity contribution in [1.29, 1.82) is 0 Å². The van der Waals surface area contributed by atoms with Crippen LogP contribution in [-0.4, -0.2) is 24.5 Å². The quantitative estimate of drug-likeness (QED) is 0.597. The average Bonchev–Trinajstić information content (AvgIpc) is 2.22. The van der Waals surface area contributed by atoms with Crippen LogP contribution in [0.2, 0.25) is 5.02 Å². The lowest BCUT2D eigenvalue weighted by Crippen LogP contribution is -2.06. The van der Waals surface area contributed by atoms with Gasteiger partial charge in [-0.2, -0.15) is 0 Å². The molecule has 4 heteroatoms. The summed E-state index contributed by atoms with van der Waals surface area (Å²) in [5.41, 5.74) is 1.22. The Hall–Kier alpha value is -0.220. The lowest BCUT2D eigenvalue weighted by Gasteiger charge is -2.08. The van der Waals surface area contributed by atoms with Crippen LogP contribution < -0.4 is 5.32 Å². The van der Waals surface area contributed by atoms with Crippen LogP contribution in [0, 0.1) is 0 Å². The zero-order valence-electron chi connectivity index (χ0n) is 8.79. The Morgan fingerprint density at radius 1 is 1.47 bits per heavy atom. The van der Waals surface area contributed by atoms with Crippen LogP contribution in [-0.2, 0) is 6.54 Å². The van der Waals surface area contributed by atoms with Crippen LogP contribution in [0.15, 0.2) is 23.1 Å². The molecular formula is C11H16ClNOS. The maximum absolute atomic E-state index is 8.71. The van der Waals surface area contributed by atoms with E-state index >= 15 is 0 Å². The monoisotopic (exact) mass is 245 g/mol. The summed E-state index contributed by atoms with van der Waals surface area (Å²) >= 11 is 7.70. The molecule has 0 saturated carbocycles. The first kappa shape index (κ1) is 12.8. The smallest absolute Gasteiger partial charge is 0.0439 e. The van der Waals surface area contributed by atoms with Gasteiger partial charge in [-0.3, -0.25) is 0 Å². The molecule has 1 aromatic carbocycles. The first-order valence-corrected chi connectivity index (χ1v) is 6.31. The number of benzene rings is 1. The van der Waals surface area contributed by atoms with Crippen molar-refractivity contribution in [3.63, 3.8) is 0 Å². The maximum Gasteiger partial charge on any atom is 0.0439 e. The number of nitrogens with one attached hydrogen (secondary N) is 1. The van der Waals surface area contributed by atoms with Gasteiger partial charge in [-0.1, -0.05) is 11.6 Å². The van der Waals surface area contributed by atoms with Crippen molar-refractivity contribution >= 4 is 23.4 Å². The topological polar surface area (TPSA) is 32.3 Å². The van der Waals surface area contributed by atoms with E-state index in [0.29, 0.717) is 0 Å². The summed E-state index contributed by atoms with van der Waals surface area (Å²) in [6.07, 6.45) is 0.826. The molecule has 2 N–H and O–H groups in total. The Bertz CT molecular complexity index is 307. The minimum Gasteiger partial charge on any atom is -0.396 e. The normalized spacial score (nSPS) is 10.6. The Morgan fingerprint density at radius 2 is 2.27 bits per heavy atom. The highest BCUT2D eigenvalue weighted by molar-refractivity contribution is 7.99. The van der Waals surface area contributed by atoms with Gasteiger partial charge in [-0.15, -0.1) is 11.8 Å². The summed E-state index contributed by atoms with van der Waals surface area (Å²) in [6, 6.07) is 5.93. The van der Waals surface area contributed by atoms with E-state index in [2.05, 4.69) is 5.32 Å². The highest BCUT2D eigenvalue weighted by Gasteiger charge is 2.03. The minimum absolute atomic E-state index is 0.252. The summed E-state index contributed by atoms with van der Waals surface area (Å²) in [4.78, 5) is 1.24. The van der Waals surface area contributed by atoms with Crippen molar-refractivity contribution in [3.8, 4) is 0 Å². The molecule has 0 aliphatic carbocycles. The number of halogens is 1. The summed E-state index contributed by atoms with van der Waals surface area (Å²) in [6.45, 7) is 1.07. The van der Waals surface area contributed by atoms with Crippen molar-refractivity contribution in [2.24, 2.45) is 0 Å². The molecule has 0 atom stereocenters. The van der Waals surface area contributed by atoms with Crippen molar-refractivity contribution in [2.75, 3.05) is 19.4 Å².